The van der Waals surface area contributed by atoms with Crippen molar-refractivity contribution in [2.75, 3.05) is 0 Å². The number of aryl methyl sites for hydroxylation is 1. The van der Waals surface area contributed by atoms with Crippen molar-refractivity contribution in [3.63, 3.8) is 0 Å². The Kier molecular flexibility index (Phi) is 2.76. The van der Waals surface area contributed by atoms with Gasteiger partial charge in [-0.3, -0.25) is 0 Å². The van der Waals surface area contributed by atoms with Crippen LogP contribution in [-0.4, -0.2) is 11.0 Å². The van der Waals surface area contributed by atoms with Crippen LogP contribution < -0.4 is 4.74 Å². The summed E-state index contributed by atoms with van der Waals surface area (Å²) in [7, 11) is 0. The number of fused-ring (bicyclic) bond motifs is 1. The van der Waals surface area contributed by atoms with E-state index in [9.17, 15) is 4.79 Å². The highest BCUT2D eigenvalue weighted by atomic mass is 16.5. The fraction of sp³-hybridized carbons (Fsp3) is 0.0667. The lowest BCUT2D eigenvalue weighted by atomic mass is 10.1. The van der Waals surface area contributed by atoms with Gasteiger partial charge in [0.05, 0.1) is 5.56 Å². The topological polar surface area (TPSA) is 52.3 Å². The maximum atomic E-state index is 11.9. The molecular formula is C15H11NO3. The van der Waals surface area contributed by atoms with Gasteiger partial charge in [-0.05, 0) is 31.2 Å². The second-order valence-electron chi connectivity index (χ2n) is 4.24. The summed E-state index contributed by atoms with van der Waals surface area (Å²) >= 11 is 0. The van der Waals surface area contributed by atoms with E-state index >= 15 is 0 Å². The fourth-order valence-electron chi connectivity index (χ4n) is 1.76. The molecule has 0 aliphatic heterocycles. The van der Waals surface area contributed by atoms with Crippen LogP contribution in [-0.2, 0) is 0 Å². The fourth-order valence-corrected chi connectivity index (χ4v) is 1.76. The summed E-state index contributed by atoms with van der Waals surface area (Å²) in [6.45, 7) is 1.97. The standard InChI is InChI=1S/C15H11NO3/c1-10-2-4-11(5-3-10)15(17)19-12-6-7-14-13(8-12)16-9-18-14/h2-9H,1H3. The molecule has 0 spiro atoms. The van der Waals surface area contributed by atoms with E-state index in [0.29, 0.717) is 22.4 Å². The first-order valence-corrected chi connectivity index (χ1v) is 5.84. The minimum Gasteiger partial charge on any atom is -0.443 e. The third-order valence-electron chi connectivity index (χ3n) is 2.80. The van der Waals surface area contributed by atoms with Crippen LogP contribution >= 0.6 is 0 Å². The number of nitrogens with zero attached hydrogens (tertiary/aromatic N) is 1. The van der Waals surface area contributed by atoms with Gasteiger partial charge in [0.25, 0.3) is 0 Å². The molecule has 0 aliphatic carbocycles. The molecule has 0 saturated heterocycles. The molecule has 4 nitrogen and oxygen atoms in total. The zero-order valence-electron chi connectivity index (χ0n) is 10.3. The summed E-state index contributed by atoms with van der Waals surface area (Å²) in [4.78, 5) is 15.9. The average molecular weight is 253 g/mol. The highest BCUT2D eigenvalue weighted by Crippen LogP contribution is 2.20. The second-order valence-corrected chi connectivity index (χ2v) is 4.24. The van der Waals surface area contributed by atoms with Crippen molar-refractivity contribution in [2.24, 2.45) is 0 Å². The lowest BCUT2D eigenvalue weighted by molar-refractivity contribution is 0.0735. The Balaban J connectivity index is 1.83. The zero-order valence-corrected chi connectivity index (χ0v) is 10.3. The third-order valence-corrected chi connectivity index (χ3v) is 2.80. The highest BCUT2D eigenvalue weighted by molar-refractivity contribution is 5.91. The van der Waals surface area contributed by atoms with E-state index in [1.54, 1.807) is 30.3 Å². The first-order chi connectivity index (χ1) is 9.22. The molecule has 0 aliphatic rings. The maximum Gasteiger partial charge on any atom is 0.343 e. The van der Waals surface area contributed by atoms with Gasteiger partial charge in [-0.15, -0.1) is 0 Å². The van der Waals surface area contributed by atoms with Crippen molar-refractivity contribution in [1.29, 1.82) is 0 Å². The number of carbonyl (C=O) groups excluding carboxylic acids is 1. The number of carbonyl (C=O) groups is 1. The Hall–Kier alpha value is -2.62. The van der Waals surface area contributed by atoms with Crippen molar-refractivity contribution in [3.05, 3.63) is 60.0 Å². The predicted molar refractivity (Wildman–Crippen MR) is 70.1 cm³/mol. The Bertz CT molecular complexity index is 728. The van der Waals surface area contributed by atoms with Crippen LogP contribution in [0.1, 0.15) is 15.9 Å². The predicted octanol–water partition coefficient (Wildman–Crippen LogP) is 3.36. The second kappa shape index (κ2) is 4.57. The molecule has 0 atom stereocenters. The van der Waals surface area contributed by atoms with Gasteiger partial charge in [-0.2, -0.15) is 0 Å². The Labute approximate surface area is 109 Å². The van der Waals surface area contributed by atoms with Crippen LogP contribution in [0.2, 0.25) is 0 Å². The molecule has 3 rings (SSSR count). The van der Waals surface area contributed by atoms with Gasteiger partial charge in [-0.1, -0.05) is 17.7 Å². The molecule has 4 heteroatoms. The van der Waals surface area contributed by atoms with E-state index in [2.05, 4.69) is 4.98 Å². The third kappa shape index (κ3) is 2.33. The van der Waals surface area contributed by atoms with Gasteiger partial charge < -0.3 is 9.15 Å². The molecule has 3 aromatic rings. The summed E-state index contributed by atoms with van der Waals surface area (Å²) < 4.78 is 10.4. The van der Waals surface area contributed by atoms with E-state index in [-0.39, 0.29) is 5.97 Å². The van der Waals surface area contributed by atoms with E-state index in [0.717, 1.165) is 5.56 Å². The Morgan fingerprint density at radius 3 is 2.74 bits per heavy atom. The van der Waals surface area contributed by atoms with Crippen LogP contribution in [0.15, 0.2) is 53.3 Å². The first kappa shape index (κ1) is 11.5. The van der Waals surface area contributed by atoms with Crippen molar-refractivity contribution < 1.29 is 13.9 Å². The molecule has 0 fully saturated rings. The van der Waals surface area contributed by atoms with E-state index in [1.165, 1.54) is 6.39 Å². The van der Waals surface area contributed by atoms with Crippen LogP contribution in [0.5, 0.6) is 5.75 Å². The molecule has 1 heterocycles. The quantitative estimate of drug-likeness (QED) is 0.519. The Morgan fingerprint density at radius 2 is 1.95 bits per heavy atom. The molecule has 94 valence electrons. The first-order valence-electron chi connectivity index (χ1n) is 5.84. The molecule has 0 saturated carbocycles. The maximum absolute atomic E-state index is 11.9. The number of benzene rings is 2. The molecule has 0 amide bonds. The molecule has 2 aromatic carbocycles. The van der Waals surface area contributed by atoms with Crippen molar-refractivity contribution in [1.82, 2.24) is 4.98 Å². The molecule has 0 bridgehead atoms. The number of rotatable bonds is 2. The Morgan fingerprint density at radius 1 is 1.16 bits per heavy atom. The number of ether oxygens (including phenoxy) is 1. The summed E-state index contributed by atoms with van der Waals surface area (Å²) in [5, 5.41) is 0. The molecule has 0 unspecified atom stereocenters. The number of esters is 1. The molecule has 0 N–H and O–H groups in total. The number of aromatic nitrogens is 1. The number of hydrogen-bond acceptors (Lipinski definition) is 4. The van der Waals surface area contributed by atoms with Crippen LogP contribution in [0.3, 0.4) is 0 Å². The van der Waals surface area contributed by atoms with Gasteiger partial charge >= 0.3 is 5.97 Å². The summed E-state index contributed by atoms with van der Waals surface area (Å²) in [5.74, 6) is 0.0646. The average Bonchev–Trinajstić information content (AvgIpc) is 2.87. The van der Waals surface area contributed by atoms with Crippen LogP contribution in [0.4, 0.5) is 0 Å². The van der Waals surface area contributed by atoms with Gasteiger partial charge in [0.1, 0.15) is 11.3 Å². The van der Waals surface area contributed by atoms with E-state index in [1.807, 2.05) is 19.1 Å². The molecular weight excluding hydrogens is 242 g/mol. The SMILES string of the molecule is Cc1ccc(C(=O)Oc2ccc3ocnc3c2)cc1. The van der Waals surface area contributed by atoms with Crippen molar-refractivity contribution >= 4 is 17.1 Å². The van der Waals surface area contributed by atoms with Crippen LogP contribution in [0, 0.1) is 6.92 Å². The monoisotopic (exact) mass is 253 g/mol. The number of hydrogen-bond donors (Lipinski definition) is 0. The highest BCUT2D eigenvalue weighted by Gasteiger charge is 2.09. The summed E-state index contributed by atoms with van der Waals surface area (Å²) in [5.41, 5.74) is 2.94. The van der Waals surface area contributed by atoms with Gasteiger partial charge in [0, 0.05) is 6.07 Å². The normalized spacial score (nSPS) is 10.6. The van der Waals surface area contributed by atoms with Crippen molar-refractivity contribution in [2.45, 2.75) is 6.92 Å². The molecule has 0 radical (unpaired) electrons. The lowest BCUT2D eigenvalue weighted by Crippen LogP contribution is -2.08. The largest absolute Gasteiger partial charge is 0.443 e. The smallest absolute Gasteiger partial charge is 0.343 e. The number of oxazole rings is 1. The molecule has 1 aromatic heterocycles. The lowest BCUT2D eigenvalue weighted by Gasteiger charge is -2.04. The van der Waals surface area contributed by atoms with Crippen molar-refractivity contribution in [3.8, 4) is 5.75 Å². The van der Waals surface area contributed by atoms with Gasteiger partial charge in [0.2, 0.25) is 0 Å². The van der Waals surface area contributed by atoms with Gasteiger partial charge in [-0.25, -0.2) is 9.78 Å². The molecule has 19 heavy (non-hydrogen) atoms. The van der Waals surface area contributed by atoms with Crippen LogP contribution in [0.25, 0.3) is 11.1 Å². The van der Waals surface area contributed by atoms with Gasteiger partial charge in [0.15, 0.2) is 12.0 Å². The zero-order chi connectivity index (χ0) is 13.2. The minimum absolute atomic E-state index is 0.386. The van der Waals surface area contributed by atoms with E-state index < -0.39 is 0 Å². The summed E-state index contributed by atoms with van der Waals surface area (Å²) in [6, 6.07) is 12.3. The minimum atomic E-state index is -0.386. The summed E-state index contributed by atoms with van der Waals surface area (Å²) in [6.07, 6.45) is 1.36. The van der Waals surface area contributed by atoms with E-state index in [4.69, 9.17) is 9.15 Å².